The molecule has 5 nitrogen and oxygen atoms in total. The van der Waals surface area contributed by atoms with E-state index in [0.29, 0.717) is 25.2 Å². The highest BCUT2D eigenvalue weighted by Gasteiger charge is 2.08. The number of rotatable bonds is 10. The van der Waals surface area contributed by atoms with Crippen molar-refractivity contribution in [3.8, 4) is 0 Å². The lowest BCUT2D eigenvalue weighted by molar-refractivity contribution is -0.117. The van der Waals surface area contributed by atoms with Crippen molar-refractivity contribution in [1.82, 2.24) is 4.90 Å². The van der Waals surface area contributed by atoms with Gasteiger partial charge in [0, 0.05) is 30.9 Å². The van der Waals surface area contributed by atoms with Crippen LogP contribution in [0.3, 0.4) is 0 Å². The molecule has 1 aromatic rings. The summed E-state index contributed by atoms with van der Waals surface area (Å²) >= 11 is 0. The van der Waals surface area contributed by atoms with Crippen LogP contribution in [0.15, 0.2) is 49.6 Å². The van der Waals surface area contributed by atoms with Crippen LogP contribution < -0.4 is 10.6 Å². The first-order valence-electron chi connectivity index (χ1n) is 7.73. The number of carbonyl (C=O) groups excluding carboxylic acids is 2. The van der Waals surface area contributed by atoms with Gasteiger partial charge in [0.2, 0.25) is 11.8 Å². The Kier molecular flexibility index (Phi) is 8.39. The maximum Gasteiger partial charge on any atom is 0.238 e. The van der Waals surface area contributed by atoms with E-state index in [9.17, 15) is 9.59 Å². The highest BCUT2D eigenvalue weighted by molar-refractivity contribution is 5.93. The molecule has 124 valence electrons. The van der Waals surface area contributed by atoms with Crippen molar-refractivity contribution >= 4 is 23.2 Å². The normalized spacial score (nSPS) is 10.2. The van der Waals surface area contributed by atoms with E-state index in [-0.39, 0.29) is 18.4 Å². The van der Waals surface area contributed by atoms with Crippen LogP contribution in [-0.4, -0.2) is 36.3 Å². The molecule has 0 saturated carbocycles. The van der Waals surface area contributed by atoms with Crippen molar-refractivity contribution < 1.29 is 9.59 Å². The van der Waals surface area contributed by atoms with E-state index in [1.165, 1.54) is 0 Å². The Morgan fingerprint density at radius 3 is 1.91 bits per heavy atom. The number of nitrogens with one attached hydrogen (secondary N) is 2. The molecule has 0 spiro atoms. The molecule has 0 aliphatic rings. The zero-order chi connectivity index (χ0) is 17.1. The lowest BCUT2D eigenvalue weighted by atomic mass is 10.2. The topological polar surface area (TPSA) is 61.4 Å². The number of carbonyl (C=O) groups is 2. The molecule has 0 fully saturated rings. The second-order valence-electron chi connectivity index (χ2n) is 5.20. The zero-order valence-electron chi connectivity index (χ0n) is 13.7. The fraction of sp³-hybridized carbons (Fsp3) is 0.333. The Morgan fingerprint density at radius 1 is 1.00 bits per heavy atom. The third kappa shape index (κ3) is 7.42. The maximum absolute atomic E-state index is 12.0. The number of hydrogen-bond donors (Lipinski definition) is 2. The van der Waals surface area contributed by atoms with Crippen LogP contribution in [0.2, 0.25) is 0 Å². The summed E-state index contributed by atoms with van der Waals surface area (Å²) in [5.74, 6) is -0.106. The summed E-state index contributed by atoms with van der Waals surface area (Å²) in [6, 6.07) is 7.08. The Hall–Kier alpha value is -2.40. The van der Waals surface area contributed by atoms with Gasteiger partial charge in [-0.15, -0.1) is 13.2 Å². The van der Waals surface area contributed by atoms with E-state index < -0.39 is 0 Å². The monoisotopic (exact) mass is 315 g/mol. The lowest BCUT2D eigenvalue weighted by Gasteiger charge is -2.18. The van der Waals surface area contributed by atoms with Crippen molar-refractivity contribution in [1.29, 1.82) is 0 Å². The van der Waals surface area contributed by atoms with E-state index in [0.717, 1.165) is 12.1 Å². The Labute approximate surface area is 138 Å². The molecule has 5 heteroatoms. The molecule has 0 radical (unpaired) electrons. The van der Waals surface area contributed by atoms with E-state index in [1.54, 1.807) is 36.4 Å². The summed E-state index contributed by atoms with van der Waals surface area (Å²) < 4.78 is 0. The molecular formula is C18H25N3O2. The zero-order valence-corrected chi connectivity index (χ0v) is 13.7. The van der Waals surface area contributed by atoms with Gasteiger partial charge in [-0.25, -0.2) is 0 Å². The summed E-state index contributed by atoms with van der Waals surface area (Å²) in [4.78, 5) is 25.5. The van der Waals surface area contributed by atoms with Crippen LogP contribution >= 0.6 is 0 Å². The summed E-state index contributed by atoms with van der Waals surface area (Å²) in [5.41, 5.74) is 1.42. The molecule has 1 aromatic carbocycles. The van der Waals surface area contributed by atoms with Crippen molar-refractivity contribution in [3.63, 3.8) is 0 Å². The van der Waals surface area contributed by atoms with Gasteiger partial charge in [-0.2, -0.15) is 0 Å². The summed E-state index contributed by atoms with van der Waals surface area (Å²) in [6.45, 7) is 10.8. The van der Waals surface area contributed by atoms with Crippen molar-refractivity contribution in [2.75, 3.05) is 30.3 Å². The van der Waals surface area contributed by atoms with Gasteiger partial charge in [-0.05, 0) is 30.7 Å². The fourth-order valence-electron chi connectivity index (χ4n) is 2.06. The Morgan fingerprint density at radius 2 is 1.48 bits per heavy atom. The Bertz CT molecular complexity index is 528. The van der Waals surface area contributed by atoms with E-state index in [2.05, 4.69) is 23.8 Å². The van der Waals surface area contributed by atoms with Crippen LogP contribution in [-0.2, 0) is 9.59 Å². The molecule has 0 aliphatic heterocycles. The molecule has 0 aromatic heterocycles. The first-order valence-corrected chi connectivity index (χ1v) is 7.73. The number of amides is 2. The molecular weight excluding hydrogens is 290 g/mol. The highest BCUT2D eigenvalue weighted by Crippen LogP contribution is 2.14. The molecule has 0 saturated heterocycles. The molecule has 0 heterocycles. The molecule has 0 bridgehead atoms. The van der Waals surface area contributed by atoms with Crippen LogP contribution in [0.5, 0.6) is 0 Å². The quantitative estimate of drug-likeness (QED) is 0.652. The molecule has 0 unspecified atom stereocenters. The minimum Gasteiger partial charge on any atom is -0.326 e. The van der Waals surface area contributed by atoms with Crippen molar-refractivity contribution in [2.24, 2.45) is 0 Å². The molecule has 23 heavy (non-hydrogen) atoms. The minimum absolute atomic E-state index is 0.00576. The average Bonchev–Trinajstić information content (AvgIpc) is 2.50. The van der Waals surface area contributed by atoms with E-state index >= 15 is 0 Å². The van der Waals surface area contributed by atoms with E-state index in [1.807, 2.05) is 11.8 Å². The highest BCUT2D eigenvalue weighted by atomic mass is 16.2. The van der Waals surface area contributed by atoms with Crippen molar-refractivity contribution in [2.45, 2.75) is 19.8 Å². The largest absolute Gasteiger partial charge is 0.326 e. The van der Waals surface area contributed by atoms with Gasteiger partial charge in [0.25, 0.3) is 0 Å². The van der Waals surface area contributed by atoms with Crippen LogP contribution in [0, 0.1) is 0 Å². The van der Waals surface area contributed by atoms with Gasteiger partial charge < -0.3 is 10.6 Å². The van der Waals surface area contributed by atoms with E-state index in [4.69, 9.17) is 0 Å². The number of anilines is 2. The van der Waals surface area contributed by atoms with Crippen LogP contribution in [0.4, 0.5) is 11.4 Å². The molecule has 0 aliphatic carbocycles. The van der Waals surface area contributed by atoms with Gasteiger partial charge >= 0.3 is 0 Å². The third-order valence-electron chi connectivity index (χ3n) is 3.07. The molecule has 0 atom stereocenters. The predicted octanol–water partition coefficient (Wildman–Crippen LogP) is 3.04. The first-order chi connectivity index (χ1) is 11.1. The lowest BCUT2D eigenvalue weighted by Crippen LogP contribution is -2.33. The standard InChI is InChI=1S/C18H25N3O2/c1-4-7-17(22)19-15-8-10-16(11-9-15)20-18(23)14-21(12-5-2)13-6-3/h5-6,8-11H,2-4,7,12-14H2,1H3,(H,19,22)(H,20,23). The van der Waals surface area contributed by atoms with Gasteiger partial charge in [-0.1, -0.05) is 19.1 Å². The molecule has 2 N–H and O–H groups in total. The number of benzene rings is 1. The SMILES string of the molecule is C=CCN(CC=C)CC(=O)Nc1ccc(NC(=O)CCC)cc1. The first kappa shape index (κ1) is 18.6. The van der Waals surface area contributed by atoms with Gasteiger partial charge in [0.15, 0.2) is 0 Å². The minimum atomic E-state index is -0.100. The molecule has 1 rings (SSSR count). The average molecular weight is 315 g/mol. The number of nitrogens with zero attached hydrogens (tertiary/aromatic N) is 1. The molecule has 2 amide bonds. The predicted molar refractivity (Wildman–Crippen MR) is 95.4 cm³/mol. The van der Waals surface area contributed by atoms with Crippen LogP contribution in [0.25, 0.3) is 0 Å². The third-order valence-corrected chi connectivity index (χ3v) is 3.07. The van der Waals surface area contributed by atoms with Crippen LogP contribution in [0.1, 0.15) is 19.8 Å². The van der Waals surface area contributed by atoms with Gasteiger partial charge in [0.1, 0.15) is 0 Å². The van der Waals surface area contributed by atoms with Gasteiger partial charge in [0.05, 0.1) is 6.54 Å². The smallest absolute Gasteiger partial charge is 0.238 e. The second kappa shape index (κ2) is 10.3. The maximum atomic E-state index is 12.0. The summed E-state index contributed by atoms with van der Waals surface area (Å²) in [5, 5.41) is 5.64. The number of hydrogen-bond acceptors (Lipinski definition) is 3. The summed E-state index contributed by atoms with van der Waals surface area (Å²) in [7, 11) is 0. The second-order valence-corrected chi connectivity index (χ2v) is 5.20. The Balaban J connectivity index is 2.53. The fourth-order valence-corrected chi connectivity index (χ4v) is 2.06. The van der Waals surface area contributed by atoms with Gasteiger partial charge in [-0.3, -0.25) is 14.5 Å². The van der Waals surface area contributed by atoms with Crippen molar-refractivity contribution in [3.05, 3.63) is 49.6 Å². The summed E-state index contributed by atoms with van der Waals surface area (Å²) in [6.07, 6.45) is 4.82.